The van der Waals surface area contributed by atoms with Crippen molar-refractivity contribution in [2.45, 2.75) is 61.8 Å². The van der Waals surface area contributed by atoms with Gasteiger partial charge in [-0.05, 0) is 33.7 Å². The van der Waals surface area contributed by atoms with Crippen LogP contribution in [0.4, 0.5) is 0 Å². The summed E-state index contributed by atoms with van der Waals surface area (Å²) in [6.45, 7) is 19.5. The van der Waals surface area contributed by atoms with Crippen LogP contribution in [0.5, 0.6) is 0 Å². The fourth-order valence-electron chi connectivity index (χ4n) is 3.96. The highest BCUT2D eigenvalue weighted by Gasteiger charge is 2.60. The van der Waals surface area contributed by atoms with Crippen molar-refractivity contribution in [3.63, 3.8) is 0 Å². The first kappa shape index (κ1) is 12.9. The summed E-state index contributed by atoms with van der Waals surface area (Å²) in [6, 6.07) is 0. The Morgan fingerprint density at radius 3 is 1.76 bits per heavy atom. The smallest absolute Gasteiger partial charge is 0.00473 e. The molecule has 0 aromatic rings. The Hall–Kier alpha value is -0.520. The van der Waals surface area contributed by atoms with Crippen LogP contribution in [-0.4, -0.2) is 0 Å². The van der Waals surface area contributed by atoms with Crippen molar-refractivity contribution in [3.05, 3.63) is 23.3 Å². The van der Waals surface area contributed by atoms with Crippen LogP contribution in [0.15, 0.2) is 23.3 Å². The van der Waals surface area contributed by atoms with Gasteiger partial charge in [-0.1, -0.05) is 73.1 Å². The van der Waals surface area contributed by atoms with Crippen LogP contribution in [0.25, 0.3) is 0 Å². The van der Waals surface area contributed by atoms with E-state index in [4.69, 9.17) is 0 Å². The van der Waals surface area contributed by atoms with E-state index in [0.29, 0.717) is 5.41 Å². The molecule has 0 aromatic carbocycles. The Kier molecular flexibility index (Phi) is 2.34. The van der Waals surface area contributed by atoms with Crippen LogP contribution in [-0.2, 0) is 0 Å². The highest BCUT2D eigenvalue weighted by atomic mass is 14.6. The van der Waals surface area contributed by atoms with E-state index in [2.05, 4.69) is 67.5 Å². The Morgan fingerprint density at radius 1 is 0.765 bits per heavy atom. The van der Waals surface area contributed by atoms with Crippen molar-refractivity contribution in [2.24, 2.45) is 21.7 Å². The Labute approximate surface area is 107 Å². The molecule has 0 unspecified atom stereocenters. The molecule has 0 radical (unpaired) electrons. The monoisotopic (exact) mass is 232 g/mol. The predicted molar refractivity (Wildman–Crippen MR) is 75.9 cm³/mol. The summed E-state index contributed by atoms with van der Waals surface area (Å²) in [5.41, 5.74) is 4.41. The van der Waals surface area contributed by atoms with Crippen molar-refractivity contribution < 1.29 is 0 Å². The molecular weight excluding hydrogens is 204 g/mol. The molecule has 0 fully saturated rings. The minimum atomic E-state index is 0.258. The maximum absolute atomic E-state index is 2.46. The van der Waals surface area contributed by atoms with Crippen LogP contribution in [0.1, 0.15) is 61.8 Å². The molecule has 2 rings (SSSR count). The summed E-state index contributed by atoms with van der Waals surface area (Å²) in [5.74, 6) is 0. The zero-order valence-electron chi connectivity index (χ0n) is 12.9. The van der Waals surface area contributed by atoms with Gasteiger partial charge in [0.25, 0.3) is 0 Å². The minimum absolute atomic E-state index is 0.258. The average molecular weight is 232 g/mol. The van der Waals surface area contributed by atoms with Crippen LogP contribution in [0.3, 0.4) is 0 Å². The second kappa shape index (κ2) is 3.08. The number of hydrogen-bond donors (Lipinski definition) is 0. The van der Waals surface area contributed by atoms with E-state index in [1.165, 1.54) is 0 Å². The average Bonchev–Trinajstić information content (AvgIpc) is 2.64. The predicted octanol–water partition coefficient (Wildman–Crippen LogP) is 5.36. The molecule has 0 saturated heterocycles. The lowest BCUT2D eigenvalue weighted by Gasteiger charge is -2.64. The van der Waals surface area contributed by atoms with E-state index in [9.17, 15) is 0 Å². The summed E-state index contributed by atoms with van der Waals surface area (Å²) in [7, 11) is 0. The molecule has 0 spiro atoms. The van der Waals surface area contributed by atoms with Gasteiger partial charge in [0.2, 0.25) is 0 Å². The third-order valence-corrected chi connectivity index (χ3v) is 7.05. The summed E-state index contributed by atoms with van der Waals surface area (Å²) in [6.07, 6.45) is 5.89. The molecule has 0 amide bonds. The highest BCUT2D eigenvalue weighted by Crippen LogP contribution is 2.69. The lowest BCUT2D eigenvalue weighted by atomic mass is 9.40. The normalized spacial score (nSPS) is 31.5. The maximum Gasteiger partial charge on any atom is -0.00473 e. The van der Waals surface area contributed by atoms with Gasteiger partial charge < -0.3 is 0 Å². The number of allylic oxidation sites excluding steroid dienone is 4. The van der Waals surface area contributed by atoms with Gasteiger partial charge in [-0.3, -0.25) is 0 Å². The van der Waals surface area contributed by atoms with E-state index in [1.54, 1.807) is 11.1 Å². The van der Waals surface area contributed by atoms with Gasteiger partial charge in [0, 0.05) is 0 Å². The molecule has 0 heterocycles. The number of rotatable bonds is 0. The third-order valence-electron chi connectivity index (χ3n) is 7.05. The van der Waals surface area contributed by atoms with E-state index in [0.717, 1.165) is 6.42 Å². The van der Waals surface area contributed by atoms with Gasteiger partial charge >= 0.3 is 0 Å². The third kappa shape index (κ3) is 1.20. The fourth-order valence-corrected chi connectivity index (χ4v) is 3.96. The van der Waals surface area contributed by atoms with Crippen LogP contribution in [0.2, 0.25) is 0 Å². The zero-order chi connectivity index (χ0) is 13.3. The Bertz CT molecular complexity index is 411. The van der Waals surface area contributed by atoms with Gasteiger partial charge in [0.15, 0.2) is 0 Å². The van der Waals surface area contributed by atoms with Crippen molar-refractivity contribution in [1.29, 1.82) is 0 Å². The first-order valence-electron chi connectivity index (χ1n) is 6.88. The van der Waals surface area contributed by atoms with Gasteiger partial charge in [-0.15, -0.1) is 0 Å². The van der Waals surface area contributed by atoms with Crippen molar-refractivity contribution in [3.8, 4) is 0 Å². The molecular formula is C17H28. The van der Waals surface area contributed by atoms with E-state index in [-0.39, 0.29) is 16.2 Å². The topological polar surface area (TPSA) is 0 Å². The molecule has 0 aromatic heterocycles. The van der Waals surface area contributed by atoms with Crippen LogP contribution >= 0.6 is 0 Å². The largest absolute Gasteiger partial charge is 0.0801 e. The fraction of sp³-hybridized carbons (Fsp3) is 0.765. The van der Waals surface area contributed by atoms with Gasteiger partial charge in [0.05, 0.1) is 0 Å². The summed E-state index contributed by atoms with van der Waals surface area (Å²) < 4.78 is 0. The molecule has 2 aliphatic carbocycles. The maximum atomic E-state index is 2.46. The first-order chi connectivity index (χ1) is 7.48. The van der Waals surface area contributed by atoms with Gasteiger partial charge in [-0.25, -0.2) is 0 Å². The van der Waals surface area contributed by atoms with Crippen molar-refractivity contribution in [1.82, 2.24) is 0 Å². The lowest BCUT2D eigenvalue weighted by molar-refractivity contribution is -0.0805. The molecule has 0 saturated carbocycles. The Morgan fingerprint density at radius 2 is 1.24 bits per heavy atom. The first-order valence-corrected chi connectivity index (χ1v) is 6.88. The zero-order valence-corrected chi connectivity index (χ0v) is 12.9. The molecule has 0 aliphatic heterocycles. The lowest BCUT2D eigenvalue weighted by Crippen LogP contribution is -2.56. The highest BCUT2D eigenvalue weighted by molar-refractivity contribution is 5.47. The molecule has 96 valence electrons. The van der Waals surface area contributed by atoms with Crippen LogP contribution < -0.4 is 0 Å². The minimum Gasteiger partial charge on any atom is -0.0801 e. The molecule has 0 heteroatoms. The summed E-state index contributed by atoms with van der Waals surface area (Å²) >= 11 is 0. The quantitative estimate of drug-likeness (QED) is 0.527. The van der Waals surface area contributed by atoms with Crippen molar-refractivity contribution in [2.75, 3.05) is 0 Å². The Balaban J connectivity index is 2.76. The summed E-state index contributed by atoms with van der Waals surface area (Å²) in [4.78, 5) is 0. The SMILES string of the molecule is CC1(C)C2=C(CC=C2)C(C)(C)C(C)(C)C1(C)C. The number of hydrogen-bond acceptors (Lipinski definition) is 0. The van der Waals surface area contributed by atoms with Gasteiger partial charge in [0.1, 0.15) is 0 Å². The molecule has 0 nitrogen and oxygen atoms in total. The molecule has 0 bridgehead atoms. The second-order valence-corrected chi connectivity index (χ2v) is 8.00. The second-order valence-electron chi connectivity index (χ2n) is 8.00. The summed E-state index contributed by atoms with van der Waals surface area (Å²) in [5, 5.41) is 0. The van der Waals surface area contributed by atoms with E-state index in [1.807, 2.05) is 0 Å². The standard InChI is InChI=1S/C17H28/c1-14(2)12-10-9-11-13(12)15(3,4)17(7,8)16(14,5)6/h9-10H,11H2,1-8H3. The van der Waals surface area contributed by atoms with E-state index < -0.39 is 0 Å². The molecule has 17 heavy (non-hydrogen) atoms. The molecule has 0 N–H and O–H groups in total. The van der Waals surface area contributed by atoms with Gasteiger partial charge in [-0.2, -0.15) is 0 Å². The molecule has 0 atom stereocenters. The van der Waals surface area contributed by atoms with Crippen LogP contribution in [0, 0.1) is 21.7 Å². The van der Waals surface area contributed by atoms with E-state index >= 15 is 0 Å². The molecule has 2 aliphatic rings. The van der Waals surface area contributed by atoms with Crippen molar-refractivity contribution >= 4 is 0 Å².